The Morgan fingerprint density at radius 2 is 2.06 bits per heavy atom. The fraction of sp³-hybridized carbons (Fsp3) is 0.0833. The number of halogens is 2. The Morgan fingerprint density at radius 1 is 1.29 bits per heavy atom. The van der Waals surface area contributed by atoms with Gasteiger partial charge < -0.3 is 5.32 Å². The Labute approximate surface area is 111 Å². The van der Waals surface area contributed by atoms with E-state index in [1.165, 1.54) is 23.5 Å². The van der Waals surface area contributed by atoms with Gasteiger partial charge in [0, 0.05) is 4.88 Å². The molecule has 0 aliphatic carbocycles. The summed E-state index contributed by atoms with van der Waals surface area (Å²) in [5, 5.41) is 2.68. The van der Waals surface area contributed by atoms with Crippen molar-refractivity contribution in [3.63, 3.8) is 0 Å². The van der Waals surface area contributed by atoms with Gasteiger partial charge in [0.05, 0.1) is 15.9 Å². The van der Waals surface area contributed by atoms with Crippen molar-refractivity contribution in [3.8, 4) is 0 Å². The molecule has 0 fully saturated rings. The van der Waals surface area contributed by atoms with Gasteiger partial charge in [0.25, 0.3) is 5.91 Å². The van der Waals surface area contributed by atoms with Gasteiger partial charge in [-0.2, -0.15) is 0 Å². The summed E-state index contributed by atoms with van der Waals surface area (Å²) in [6.07, 6.45) is 0. The van der Waals surface area contributed by atoms with Crippen LogP contribution in [0.4, 0.5) is 4.39 Å². The van der Waals surface area contributed by atoms with E-state index in [4.69, 9.17) is 0 Å². The molecule has 0 radical (unpaired) electrons. The zero-order valence-electron chi connectivity index (χ0n) is 8.74. The first-order valence-corrected chi connectivity index (χ1v) is 6.54. The number of thiophene rings is 1. The van der Waals surface area contributed by atoms with E-state index in [1.807, 2.05) is 12.1 Å². The van der Waals surface area contributed by atoms with Crippen LogP contribution in [0, 0.1) is 5.82 Å². The molecule has 17 heavy (non-hydrogen) atoms. The van der Waals surface area contributed by atoms with Crippen LogP contribution in [0.2, 0.25) is 0 Å². The highest BCUT2D eigenvalue weighted by atomic mass is 79.9. The topological polar surface area (TPSA) is 29.1 Å². The lowest BCUT2D eigenvalue weighted by molar-refractivity contribution is 0.0947. The third kappa shape index (κ3) is 3.14. The van der Waals surface area contributed by atoms with E-state index in [2.05, 4.69) is 21.2 Å². The molecule has 1 aromatic heterocycles. The molecule has 1 N–H and O–H groups in total. The third-order valence-corrected chi connectivity index (χ3v) is 3.79. The second-order valence-electron chi connectivity index (χ2n) is 3.37. The lowest BCUT2D eigenvalue weighted by Crippen LogP contribution is -2.23. The minimum atomic E-state index is -0.502. The Morgan fingerprint density at radius 3 is 2.71 bits per heavy atom. The highest BCUT2D eigenvalue weighted by molar-refractivity contribution is 9.11. The van der Waals surface area contributed by atoms with Crippen LogP contribution in [-0.4, -0.2) is 5.91 Å². The van der Waals surface area contributed by atoms with Crippen molar-refractivity contribution in [1.29, 1.82) is 0 Å². The average molecular weight is 314 g/mol. The molecule has 2 aromatic rings. The second kappa shape index (κ2) is 5.42. The van der Waals surface area contributed by atoms with Crippen LogP contribution in [0.1, 0.15) is 15.2 Å². The number of carbonyl (C=O) groups is 1. The molecule has 2 rings (SSSR count). The van der Waals surface area contributed by atoms with E-state index in [0.29, 0.717) is 6.54 Å². The maximum atomic E-state index is 13.3. The van der Waals surface area contributed by atoms with E-state index in [9.17, 15) is 9.18 Å². The first kappa shape index (κ1) is 12.3. The van der Waals surface area contributed by atoms with E-state index in [0.717, 1.165) is 8.66 Å². The van der Waals surface area contributed by atoms with Crippen molar-refractivity contribution < 1.29 is 9.18 Å². The lowest BCUT2D eigenvalue weighted by atomic mass is 10.2. The van der Waals surface area contributed by atoms with Crippen molar-refractivity contribution in [1.82, 2.24) is 5.32 Å². The summed E-state index contributed by atoms with van der Waals surface area (Å²) in [6, 6.07) is 9.76. The summed E-state index contributed by atoms with van der Waals surface area (Å²) < 4.78 is 14.3. The van der Waals surface area contributed by atoms with Crippen molar-refractivity contribution >= 4 is 33.2 Å². The van der Waals surface area contributed by atoms with Crippen molar-refractivity contribution in [3.05, 3.63) is 56.4 Å². The molecule has 0 saturated heterocycles. The number of nitrogens with one attached hydrogen (secondary N) is 1. The van der Waals surface area contributed by atoms with Gasteiger partial charge in [-0.15, -0.1) is 11.3 Å². The lowest BCUT2D eigenvalue weighted by Gasteiger charge is -2.04. The molecule has 0 bridgehead atoms. The molecule has 1 aromatic carbocycles. The second-order valence-corrected chi connectivity index (χ2v) is 5.92. The van der Waals surface area contributed by atoms with E-state index in [1.54, 1.807) is 12.1 Å². The number of carbonyl (C=O) groups excluding carboxylic acids is 1. The summed E-state index contributed by atoms with van der Waals surface area (Å²) >= 11 is 4.88. The predicted molar refractivity (Wildman–Crippen MR) is 69.6 cm³/mol. The number of amides is 1. The fourth-order valence-electron chi connectivity index (χ4n) is 1.35. The number of benzene rings is 1. The Hall–Kier alpha value is -1.20. The Kier molecular flexibility index (Phi) is 3.91. The van der Waals surface area contributed by atoms with Crippen LogP contribution in [0.5, 0.6) is 0 Å². The van der Waals surface area contributed by atoms with Crippen LogP contribution in [0.25, 0.3) is 0 Å². The van der Waals surface area contributed by atoms with Crippen LogP contribution in [0.15, 0.2) is 40.2 Å². The molecule has 0 spiro atoms. The summed E-state index contributed by atoms with van der Waals surface area (Å²) in [5.74, 6) is -0.898. The molecule has 1 heterocycles. The maximum Gasteiger partial charge on any atom is 0.254 e. The van der Waals surface area contributed by atoms with Gasteiger partial charge in [-0.05, 0) is 40.2 Å². The number of hydrogen-bond donors (Lipinski definition) is 1. The van der Waals surface area contributed by atoms with Crippen molar-refractivity contribution in [2.45, 2.75) is 6.54 Å². The van der Waals surface area contributed by atoms with E-state index < -0.39 is 11.7 Å². The molecule has 0 atom stereocenters. The molecular formula is C12H9BrFNOS. The predicted octanol–water partition coefficient (Wildman–Crippen LogP) is 3.58. The van der Waals surface area contributed by atoms with Gasteiger partial charge in [0.1, 0.15) is 5.82 Å². The minimum absolute atomic E-state index is 0.0723. The molecule has 0 aliphatic rings. The zero-order valence-corrected chi connectivity index (χ0v) is 11.1. The average Bonchev–Trinajstić information content (AvgIpc) is 2.73. The summed E-state index contributed by atoms with van der Waals surface area (Å²) in [4.78, 5) is 12.7. The van der Waals surface area contributed by atoms with Crippen molar-refractivity contribution in [2.75, 3.05) is 0 Å². The maximum absolute atomic E-state index is 13.3. The van der Waals surface area contributed by atoms with E-state index in [-0.39, 0.29) is 5.56 Å². The Bertz CT molecular complexity index is 541. The standard InChI is InChI=1S/C12H9BrFNOS/c13-11-6-5-8(17-11)7-15-12(16)9-3-1-2-4-10(9)14/h1-6H,7H2,(H,15,16). The van der Waals surface area contributed by atoms with Gasteiger partial charge in [-0.3, -0.25) is 4.79 Å². The summed E-state index contributed by atoms with van der Waals surface area (Å²) in [6.45, 7) is 0.406. The van der Waals surface area contributed by atoms with Crippen LogP contribution in [-0.2, 0) is 6.54 Å². The molecule has 0 unspecified atom stereocenters. The van der Waals surface area contributed by atoms with Crippen LogP contribution in [0.3, 0.4) is 0 Å². The summed E-state index contributed by atoms with van der Waals surface area (Å²) in [7, 11) is 0. The molecular weight excluding hydrogens is 305 g/mol. The smallest absolute Gasteiger partial charge is 0.254 e. The monoisotopic (exact) mass is 313 g/mol. The molecule has 0 aliphatic heterocycles. The first-order valence-electron chi connectivity index (χ1n) is 4.94. The molecule has 88 valence electrons. The van der Waals surface area contributed by atoms with Gasteiger partial charge in [0.15, 0.2) is 0 Å². The molecule has 2 nitrogen and oxygen atoms in total. The van der Waals surface area contributed by atoms with Gasteiger partial charge in [-0.1, -0.05) is 12.1 Å². The first-order chi connectivity index (χ1) is 8.16. The largest absolute Gasteiger partial charge is 0.347 e. The number of hydrogen-bond acceptors (Lipinski definition) is 2. The van der Waals surface area contributed by atoms with Gasteiger partial charge in [0.2, 0.25) is 0 Å². The third-order valence-electron chi connectivity index (χ3n) is 2.17. The molecule has 5 heteroatoms. The fourth-order valence-corrected chi connectivity index (χ4v) is 2.78. The highest BCUT2D eigenvalue weighted by Crippen LogP contribution is 2.21. The van der Waals surface area contributed by atoms with Crippen LogP contribution < -0.4 is 5.32 Å². The normalized spacial score (nSPS) is 10.2. The van der Waals surface area contributed by atoms with Gasteiger partial charge in [-0.25, -0.2) is 4.39 Å². The molecule has 1 amide bonds. The van der Waals surface area contributed by atoms with Crippen molar-refractivity contribution in [2.24, 2.45) is 0 Å². The number of rotatable bonds is 3. The molecule has 0 saturated carbocycles. The van der Waals surface area contributed by atoms with E-state index >= 15 is 0 Å². The quantitative estimate of drug-likeness (QED) is 0.922. The summed E-state index contributed by atoms with van der Waals surface area (Å²) in [5.41, 5.74) is 0.0723. The zero-order chi connectivity index (χ0) is 12.3. The Balaban J connectivity index is 2.01. The minimum Gasteiger partial charge on any atom is -0.347 e. The van der Waals surface area contributed by atoms with Gasteiger partial charge >= 0.3 is 0 Å². The van der Waals surface area contributed by atoms with Crippen LogP contribution >= 0.6 is 27.3 Å². The highest BCUT2D eigenvalue weighted by Gasteiger charge is 2.10. The SMILES string of the molecule is O=C(NCc1ccc(Br)s1)c1ccccc1F.